The zero-order chi connectivity index (χ0) is 26.7. The Kier molecular flexibility index (Phi) is 8.03. The van der Waals surface area contributed by atoms with Gasteiger partial charge in [0, 0.05) is 6.04 Å². The highest BCUT2D eigenvalue weighted by molar-refractivity contribution is 5.68. The Hall–Kier alpha value is -3.46. The first-order valence-corrected chi connectivity index (χ1v) is 12.0. The SMILES string of the molecule is COc1ccc(C(NC(CC(=O)O)c2ccc(C)cc2)c2nnnn2C(C)(C)CC(C)(C)C)cc1O. The van der Waals surface area contributed by atoms with E-state index in [1.807, 2.05) is 37.3 Å². The molecule has 0 radical (unpaired) electrons. The Bertz CT molecular complexity index is 1180. The van der Waals surface area contributed by atoms with E-state index in [1.54, 1.807) is 16.8 Å². The van der Waals surface area contributed by atoms with Crippen LogP contribution in [0.1, 0.15) is 82.1 Å². The summed E-state index contributed by atoms with van der Waals surface area (Å²) in [7, 11) is 1.49. The second kappa shape index (κ2) is 10.7. The molecule has 9 heteroatoms. The first-order chi connectivity index (χ1) is 16.8. The largest absolute Gasteiger partial charge is 0.504 e. The molecule has 2 unspecified atom stereocenters. The van der Waals surface area contributed by atoms with Gasteiger partial charge in [-0.25, -0.2) is 4.68 Å². The van der Waals surface area contributed by atoms with Crippen molar-refractivity contribution in [2.75, 3.05) is 7.11 Å². The van der Waals surface area contributed by atoms with Crippen molar-refractivity contribution >= 4 is 5.97 Å². The standard InChI is InChI=1S/C27H37N5O4/c1-17-8-10-18(11-9-17)20(15-23(34)35)28-24(19-12-13-22(36-7)21(33)14-19)25-29-30-31-32(25)27(5,6)16-26(2,3)4/h8-14,20,24,28,33H,15-16H2,1-7H3,(H,34,35). The number of carboxylic acid groups (broad SMARTS) is 1. The highest BCUT2D eigenvalue weighted by Gasteiger charge is 2.35. The summed E-state index contributed by atoms with van der Waals surface area (Å²) in [6.45, 7) is 12.6. The number of hydrogen-bond donors (Lipinski definition) is 3. The number of rotatable bonds is 10. The molecule has 0 aliphatic heterocycles. The van der Waals surface area contributed by atoms with Gasteiger partial charge >= 0.3 is 5.97 Å². The maximum atomic E-state index is 11.8. The van der Waals surface area contributed by atoms with E-state index in [9.17, 15) is 15.0 Å². The van der Waals surface area contributed by atoms with Gasteiger partial charge in [0.15, 0.2) is 17.3 Å². The van der Waals surface area contributed by atoms with E-state index in [1.165, 1.54) is 7.11 Å². The molecule has 2 aromatic carbocycles. The molecule has 2 atom stereocenters. The minimum atomic E-state index is -0.933. The molecule has 3 rings (SSSR count). The van der Waals surface area contributed by atoms with Crippen molar-refractivity contribution in [3.05, 3.63) is 65.0 Å². The van der Waals surface area contributed by atoms with Gasteiger partial charge in [0.2, 0.25) is 0 Å². The second-order valence-corrected chi connectivity index (χ2v) is 11.1. The molecule has 1 heterocycles. The van der Waals surface area contributed by atoms with E-state index in [-0.39, 0.29) is 17.6 Å². The number of carboxylic acids is 1. The number of aromatic hydroxyl groups is 1. The van der Waals surface area contributed by atoms with Crippen LogP contribution < -0.4 is 10.1 Å². The number of nitrogens with zero attached hydrogens (tertiary/aromatic N) is 4. The lowest BCUT2D eigenvalue weighted by atomic mass is 9.81. The number of aryl methyl sites for hydroxylation is 1. The molecule has 194 valence electrons. The Morgan fingerprint density at radius 1 is 1.08 bits per heavy atom. The molecule has 0 saturated carbocycles. The number of aliphatic carboxylic acids is 1. The molecular weight excluding hydrogens is 458 g/mol. The fraction of sp³-hybridized carbons (Fsp3) is 0.481. The summed E-state index contributed by atoms with van der Waals surface area (Å²) in [5, 5.41) is 36.4. The molecule has 1 aromatic heterocycles. The Morgan fingerprint density at radius 3 is 2.28 bits per heavy atom. The summed E-state index contributed by atoms with van der Waals surface area (Å²) in [5.41, 5.74) is 2.17. The van der Waals surface area contributed by atoms with Crippen molar-refractivity contribution in [3.63, 3.8) is 0 Å². The first kappa shape index (κ1) is 27.1. The number of benzene rings is 2. The highest BCUT2D eigenvalue weighted by Crippen LogP contribution is 2.37. The summed E-state index contributed by atoms with van der Waals surface area (Å²) < 4.78 is 7.02. The molecule has 36 heavy (non-hydrogen) atoms. The maximum Gasteiger partial charge on any atom is 0.305 e. The quantitative estimate of drug-likeness (QED) is 0.368. The molecule has 0 saturated heterocycles. The fourth-order valence-electron chi connectivity index (χ4n) is 4.83. The first-order valence-electron chi connectivity index (χ1n) is 12.0. The van der Waals surface area contributed by atoms with Gasteiger partial charge < -0.3 is 14.9 Å². The maximum absolute atomic E-state index is 11.8. The van der Waals surface area contributed by atoms with Gasteiger partial charge in [0.05, 0.1) is 25.1 Å². The molecule has 0 aliphatic carbocycles. The third kappa shape index (κ3) is 6.60. The van der Waals surface area contributed by atoms with Gasteiger partial charge in [0.25, 0.3) is 0 Å². The summed E-state index contributed by atoms with van der Waals surface area (Å²) in [6.07, 6.45) is 0.657. The van der Waals surface area contributed by atoms with Crippen molar-refractivity contribution in [2.24, 2.45) is 5.41 Å². The predicted molar refractivity (Wildman–Crippen MR) is 137 cm³/mol. The summed E-state index contributed by atoms with van der Waals surface area (Å²) >= 11 is 0. The monoisotopic (exact) mass is 495 g/mol. The van der Waals surface area contributed by atoms with Crippen LogP contribution in [0, 0.1) is 12.3 Å². The van der Waals surface area contributed by atoms with Crippen LogP contribution >= 0.6 is 0 Å². The molecule has 9 nitrogen and oxygen atoms in total. The Morgan fingerprint density at radius 2 is 1.72 bits per heavy atom. The minimum absolute atomic E-state index is 0.0156. The third-order valence-corrected chi connectivity index (χ3v) is 6.05. The van der Waals surface area contributed by atoms with Crippen molar-refractivity contribution in [2.45, 2.75) is 72.0 Å². The topological polar surface area (TPSA) is 122 Å². The van der Waals surface area contributed by atoms with Crippen molar-refractivity contribution in [3.8, 4) is 11.5 Å². The summed E-state index contributed by atoms with van der Waals surface area (Å²) in [6, 6.07) is 11.7. The van der Waals surface area contributed by atoms with E-state index in [4.69, 9.17) is 4.74 Å². The van der Waals surface area contributed by atoms with Gasteiger partial charge in [-0.15, -0.1) is 5.10 Å². The molecule has 0 fully saturated rings. The Labute approximate surface area is 212 Å². The third-order valence-electron chi connectivity index (χ3n) is 6.05. The second-order valence-electron chi connectivity index (χ2n) is 11.1. The van der Waals surface area contributed by atoms with Crippen molar-refractivity contribution < 1.29 is 19.7 Å². The van der Waals surface area contributed by atoms with Crippen LogP contribution in [-0.4, -0.2) is 43.5 Å². The van der Waals surface area contributed by atoms with Gasteiger partial charge in [-0.1, -0.05) is 56.7 Å². The molecule has 0 spiro atoms. The van der Waals surface area contributed by atoms with Crippen LogP contribution in [0.3, 0.4) is 0 Å². The minimum Gasteiger partial charge on any atom is -0.504 e. The average Bonchev–Trinajstić information content (AvgIpc) is 3.26. The highest BCUT2D eigenvalue weighted by atomic mass is 16.5. The van der Waals surface area contributed by atoms with Gasteiger partial charge in [-0.3, -0.25) is 10.1 Å². The van der Waals surface area contributed by atoms with Crippen molar-refractivity contribution in [1.82, 2.24) is 25.5 Å². The van der Waals surface area contributed by atoms with Crippen LogP contribution in [0.5, 0.6) is 11.5 Å². The lowest BCUT2D eigenvalue weighted by molar-refractivity contribution is -0.137. The van der Waals surface area contributed by atoms with Crippen LogP contribution in [0.15, 0.2) is 42.5 Å². The average molecular weight is 496 g/mol. The van der Waals surface area contributed by atoms with Crippen LogP contribution in [0.4, 0.5) is 0 Å². The van der Waals surface area contributed by atoms with Crippen LogP contribution in [0.2, 0.25) is 0 Å². The van der Waals surface area contributed by atoms with E-state index in [0.29, 0.717) is 17.1 Å². The number of hydrogen-bond acceptors (Lipinski definition) is 7. The zero-order valence-electron chi connectivity index (χ0n) is 22.1. The molecule has 3 N–H and O–H groups in total. The van der Waals surface area contributed by atoms with Gasteiger partial charge in [0.1, 0.15) is 0 Å². The number of phenols is 1. The van der Waals surface area contributed by atoms with Crippen LogP contribution in [-0.2, 0) is 10.3 Å². The lowest BCUT2D eigenvalue weighted by Crippen LogP contribution is -2.38. The number of carbonyl (C=O) groups is 1. The number of aromatic nitrogens is 4. The molecule has 0 aliphatic rings. The van der Waals surface area contributed by atoms with E-state index in [2.05, 4.69) is 55.5 Å². The van der Waals surface area contributed by atoms with Crippen LogP contribution in [0.25, 0.3) is 0 Å². The van der Waals surface area contributed by atoms with Crippen molar-refractivity contribution in [1.29, 1.82) is 0 Å². The Balaban J connectivity index is 2.13. The molecular formula is C27H37N5O4. The number of methoxy groups -OCH3 is 1. The number of phenolic OH excluding ortho intramolecular Hbond substituents is 1. The van der Waals surface area contributed by atoms with Gasteiger partial charge in [-0.05, 0) is 66.3 Å². The fourth-order valence-corrected chi connectivity index (χ4v) is 4.83. The number of tetrazole rings is 1. The zero-order valence-corrected chi connectivity index (χ0v) is 22.1. The van der Waals surface area contributed by atoms with E-state index in [0.717, 1.165) is 17.5 Å². The molecule has 0 bridgehead atoms. The smallest absolute Gasteiger partial charge is 0.305 e. The molecule has 3 aromatic rings. The number of ether oxygens (including phenoxy) is 1. The molecule has 0 amide bonds. The summed E-state index contributed by atoms with van der Waals surface area (Å²) in [5.74, 6) is -0.0981. The lowest BCUT2D eigenvalue weighted by Gasteiger charge is -2.34. The predicted octanol–water partition coefficient (Wildman–Crippen LogP) is 4.76. The number of nitrogens with one attached hydrogen (secondary N) is 1. The van der Waals surface area contributed by atoms with E-state index < -0.39 is 23.6 Å². The normalized spacial score (nSPS) is 13.9. The summed E-state index contributed by atoms with van der Waals surface area (Å²) in [4.78, 5) is 11.8. The van der Waals surface area contributed by atoms with E-state index >= 15 is 0 Å². The van der Waals surface area contributed by atoms with Gasteiger partial charge in [-0.2, -0.15) is 0 Å².